The first kappa shape index (κ1) is 117. The zero-order valence-electron chi connectivity index (χ0n) is 83.8. The number of nitrogens with one attached hydrogen (secondary N) is 7. The Bertz CT molecular complexity index is 3570. The molecule has 49 atom stereocenters. The smallest absolute Gasteiger partial charge is 0.203 e. The van der Waals surface area contributed by atoms with Crippen molar-refractivity contribution in [2.45, 2.75) is 299 Å². The molecular weight excluding hydrogens is 1980 g/mol. The van der Waals surface area contributed by atoms with Crippen LogP contribution in [0.4, 0.5) is 0 Å². The van der Waals surface area contributed by atoms with E-state index in [2.05, 4.69) is 37.2 Å². The molecule has 0 radical (unpaired) electrons. The summed E-state index contributed by atoms with van der Waals surface area (Å²) in [7, 11) is 19.3. The number of methoxy groups -OCH3 is 14. The fourth-order valence-corrected chi connectivity index (χ4v) is 19.7. The second-order valence-electron chi connectivity index (χ2n) is 37.5. The van der Waals surface area contributed by atoms with Crippen LogP contribution in [0.2, 0.25) is 0 Å². The zero-order chi connectivity index (χ0) is 105. The SMILES string of the molecule is COC1C=CC(CNCC2OC3OC4C(CNCC5(OC)C=CC(OC)O5)OC(OC5C(CNCC6(OC)C=CC(OC)O6)OC(OC6C(CNCC7(OC)C=CC(OC)O7)OC(OC7C(CNCC8(OC)C=CC(OC)O8)OC(OC8C(CNCC9(OC)C=CC(OC)O9)OC(OC9C(CNCC%10(OC)C=CC(OC)O%10)OC(OC2C(O)C3O)C(O)C9O)C(O)C8O)C(O)C7O)C(O)C6O)C(O)C5O)C(O)C4O)(OC)O1. The van der Waals surface area contributed by atoms with Gasteiger partial charge < -0.3 is 274 Å². The maximum absolute atomic E-state index is 12.9. The van der Waals surface area contributed by atoms with E-state index in [-0.39, 0.29) is 45.8 Å². The van der Waals surface area contributed by atoms with Gasteiger partial charge in [-0.15, -0.1) is 0 Å². The highest BCUT2D eigenvalue weighted by Gasteiger charge is 2.62. The van der Waals surface area contributed by atoms with Gasteiger partial charge in [0.25, 0.3) is 0 Å². The van der Waals surface area contributed by atoms with Crippen LogP contribution >= 0.6 is 0 Å². The molecule has 28 rings (SSSR count). The van der Waals surface area contributed by atoms with Crippen LogP contribution in [0.25, 0.3) is 0 Å². The molecule has 28 heterocycles. The molecule has 0 amide bonds. The van der Waals surface area contributed by atoms with Crippen molar-refractivity contribution in [2.75, 3.05) is 191 Å². The van der Waals surface area contributed by atoms with Crippen molar-refractivity contribution in [1.82, 2.24) is 37.2 Å². The summed E-state index contributed by atoms with van der Waals surface area (Å²) in [4.78, 5) is 0. The molecule has 14 bridgehead atoms. The summed E-state index contributed by atoms with van der Waals surface area (Å²) in [6.45, 7) is -4.53. The molecule has 49 unspecified atom stereocenters. The van der Waals surface area contributed by atoms with Gasteiger partial charge in [0, 0.05) is 145 Å². The molecule has 0 aromatic heterocycles. The van der Waals surface area contributed by atoms with E-state index in [1.807, 2.05) is 0 Å². The molecule has 56 nitrogen and oxygen atoms in total. The van der Waals surface area contributed by atoms with Gasteiger partial charge >= 0.3 is 0 Å². The highest BCUT2D eigenvalue weighted by atomic mass is 16.8. The fraction of sp³-hybridized carbons (Fsp3) is 0.846. The summed E-state index contributed by atoms with van der Waals surface area (Å²) in [5.74, 6) is -10.7. The van der Waals surface area contributed by atoms with Crippen LogP contribution in [0, 0.1) is 0 Å². The Kier molecular flexibility index (Phi) is 41.0. The van der Waals surface area contributed by atoms with E-state index in [1.165, 1.54) is 99.5 Å². The maximum Gasteiger partial charge on any atom is 0.203 e. The first-order valence-electron chi connectivity index (χ1n) is 48.4. The quantitative estimate of drug-likeness (QED) is 0.0252. The predicted molar refractivity (Wildman–Crippen MR) is 484 cm³/mol. The first-order valence-corrected chi connectivity index (χ1v) is 48.4. The average molecular weight is 2120 g/mol. The first-order chi connectivity index (χ1) is 70.6. The van der Waals surface area contributed by atoms with Crippen molar-refractivity contribution in [3.63, 3.8) is 0 Å². The summed E-state index contributed by atoms with van der Waals surface area (Å²) < 4.78 is 215. The van der Waals surface area contributed by atoms with Gasteiger partial charge in [0.2, 0.25) is 40.5 Å². The molecule has 840 valence electrons. The second-order valence-corrected chi connectivity index (χ2v) is 37.5. The lowest BCUT2D eigenvalue weighted by molar-refractivity contribution is -0.392. The predicted octanol–water partition coefficient (Wildman–Crippen LogP) is -11.7. The molecule has 0 aliphatic carbocycles. The van der Waals surface area contributed by atoms with Crippen LogP contribution in [0.3, 0.4) is 0 Å². The molecule has 21 N–H and O–H groups in total. The van der Waals surface area contributed by atoms with Gasteiger partial charge in [-0.05, 0) is 85.1 Å². The van der Waals surface area contributed by atoms with Crippen molar-refractivity contribution in [2.24, 2.45) is 0 Å². The summed E-state index contributed by atoms with van der Waals surface area (Å²) in [5, 5.41) is 202. The molecule has 0 saturated carbocycles. The lowest BCUT2D eigenvalue weighted by atomic mass is 9.94. The highest BCUT2D eigenvalue weighted by Crippen LogP contribution is 2.43. The topological polar surface area (TPSA) is 690 Å². The summed E-state index contributed by atoms with van der Waals surface area (Å²) >= 11 is 0. The van der Waals surface area contributed by atoms with Gasteiger partial charge in [0.1, 0.15) is 171 Å². The van der Waals surface area contributed by atoms with Crippen LogP contribution in [0.15, 0.2) is 85.1 Å². The van der Waals surface area contributed by atoms with Gasteiger partial charge in [-0.2, -0.15) is 0 Å². The van der Waals surface area contributed by atoms with Crippen LogP contribution in [-0.2, 0) is 166 Å². The normalized spacial score (nSPS) is 48.4. The highest BCUT2D eigenvalue weighted by molar-refractivity contribution is 5.15. The number of ether oxygens (including phenoxy) is 35. The van der Waals surface area contributed by atoms with E-state index < -0.39 is 345 Å². The third kappa shape index (κ3) is 26.3. The minimum Gasteiger partial charge on any atom is -0.387 e. The molecule has 21 saturated heterocycles. The van der Waals surface area contributed by atoms with Gasteiger partial charge in [-0.1, -0.05) is 0 Å². The Morgan fingerprint density at radius 2 is 0.293 bits per heavy atom. The summed E-state index contributed by atoms with van der Waals surface area (Å²) in [6, 6.07) is 0. The van der Waals surface area contributed by atoms with E-state index in [0.717, 1.165) is 0 Å². The summed E-state index contributed by atoms with van der Waals surface area (Å²) in [5.41, 5.74) is 0. The van der Waals surface area contributed by atoms with Gasteiger partial charge in [0.15, 0.2) is 88.1 Å². The molecule has 0 aromatic rings. The van der Waals surface area contributed by atoms with Gasteiger partial charge in [-0.25, -0.2) is 0 Å². The van der Waals surface area contributed by atoms with Crippen molar-refractivity contribution in [3.05, 3.63) is 85.1 Å². The van der Waals surface area contributed by atoms with Crippen LogP contribution in [0.1, 0.15) is 0 Å². The zero-order valence-corrected chi connectivity index (χ0v) is 83.8. The molecule has 56 heteroatoms. The molecule has 0 spiro atoms. The third-order valence-electron chi connectivity index (χ3n) is 28.3. The largest absolute Gasteiger partial charge is 0.387 e. The average Bonchev–Trinajstić information content (AvgIpc) is 1.21. The lowest BCUT2D eigenvalue weighted by Gasteiger charge is -2.50. The number of aliphatic hydroxyl groups excluding tert-OH is 14. The molecule has 21 fully saturated rings. The second kappa shape index (κ2) is 51.5. The van der Waals surface area contributed by atoms with Crippen molar-refractivity contribution in [3.8, 4) is 0 Å². The van der Waals surface area contributed by atoms with Crippen molar-refractivity contribution >= 4 is 0 Å². The van der Waals surface area contributed by atoms with E-state index in [0.29, 0.717) is 0 Å². The van der Waals surface area contributed by atoms with E-state index in [9.17, 15) is 71.5 Å². The molecular formula is C91H147N7O49. The molecule has 0 aromatic carbocycles. The minimum absolute atomic E-state index is 0.210. The number of hydrogen-bond donors (Lipinski definition) is 21. The standard InChI is InChI=1S/C91H147N7O49/c1-113-50-15-22-85(120-8,141-50)36-92-29-43-71-57(99)64(106)78(127-43)135-72-44(30-93-37-86(121-9)23-16-51(114-2)142-86)129-80(66(108)59(72)101)137-74-46(32-95-39-88(123-11)25-18-53(116-4)144-88)131-82(68(110)61(74)103)139-76-48(34-97-41-90(125-13)27-20-55(118-6)146-90)133-84(70(112)63(76)105)140-77-49(35-98-42-91(126-14)28-21-56(119-7)147-91)132-83(69(111)62(77)104)138-75-47(33-96-40-89(124-12)26-19-54(117-5)145-89)130-81(67(109)60(75)102)136-73-45(128-79(134-71)65(107)58(73)100)31-94-38-87(122-10)24-17-52(115-3)143-87/h15-28,43-84,92-112H,29-42H2,1-14H3. The van der Waals surface area contributed by atoms with Crippen molar-refractivity contribution in [1.29, 1.82) is 0 Å². The van der Waals surface area contributed by atoms with Gasteiger partial charge in [-0.3, -0.25) is 0 Å². The monoisotopic (exact) mass is 2120 g/mol. The van der Waals surface area contributed by atoms with Crippen LogP contribution in [0.5, 0.6) is 0 Å². The van der Waals surface area contributed by atoms with Crippen LogP contribution in [-0.4, -0.2) is 562 Å². The van der Waals surface area contributed by atoms with E-state index in [1.54, 1.807) is 85.1 Å². The Labute approximate surface area is 847 Å². The van der Waals surface area contributed by atoms with E-state index >= 15 is 0 Å². The molecule has 147 heavy (non-hydrogen) atoms. The molecule has 28 aliphatic heterocycles. The fourth-order valence-electron chi connectivity index (χ4n) is 19.7. The Morgan fingerprint density at radius 3 is 0.388 bits per heavy atom. The Morgan fingerprint density at radius 1 is 0.177 bits per heavy atom. The number of aliphatic hydroxyl groups is 14. The Balaban J connectivity index is 0.819. The van der Waals surface area contributed by atoms with Crippen molar-refractivity contribution < 1.29 is 237 Å². The Hall–Kier alpha value is -4.06. The molecule has 28 aliphatic rings. The van der Waals surface area contributed by atoms with E-state index in [4.69, 9.17) is 166 Å². The maximum atomic E-state index is 12.9. The summed E-state index contributed by atoms with van der Waals surface area (Å²) in [6.07, 6.45) is -54.9. The number of rotatable bonds is 42. The van der Waals surface area contributed by atoms with Gasteiger partial charge in [0.05, 0.1) is 45.8 Å². The lowest BCUT2D eigenvalue weighted by Crippen LogP contribution is -2.69. The van der Waals surface area contributed by atoms with Crippen LogP contribution < -0.4 is 37.2 Å². The third-order valence-corrected chi connectivity index (χ3v) is 28.3. The minimum atomic E-state index is -2.28. The number of hydrogen-bond acceptors (Lipinski definition) is 56.